The Labute approximate surface area is 141 Å². The van der Waals surface area contributed by atoms with Crippen LogP contribution in [-0.2, 0) is 11.3 Å². The highest BCUT2D eigenvalue weighted by Gasteiger charge is 2.16. The molecule has 124 valence electrons. The quantitative estimate of drug-likeness (QED) is 0.692. The van der Waals surface area contributed by atoms with Crippen LogP contribution in [0.4, 0.5) is 0 Å². The fourth-order valence-electron chi connectivity index (χ4n) is 2.74. The number of furan rings is 1. The van der Waals surface area contributed by atoms with Gasteiger partial charge in [0.2, 0.25) is 5.91 Å². The van der Waals surface area contributed by atoms with Crippen LogP contribution in [0, 0.1) is 0 Å². The highest BCUT2D eigenvalue weighted by molar-refractivity contribution is 5.75. The van der Waals surface area contributed by atoms with E-state index in [1.54, 1.807) is 17.1 Å². The average Bonchev–Trinajstić information content (AvgIpc) is 3.31. The number of hydrogen-bond acceptors (Lipinski definition) is 3. The van der Waals surface area contributed by atoms with Crippen molar-refractivity contribution in [1.82, 2.24) is 15.1 Å². The lowest BCUT2D eigenvalue weighted by Gasteiger charge is -2.15. The molecule has 0 aliphatic heterocycles. The van der Waals surface area contributed by atoms with Gasteiger partial charge in [-0.2, -0.15) is 5.10 Å². The Balaban J connectivity index is 1.51. The molecule has 5 heteroatoms. The van der Waals surface area contributed by atoms with Gasteiger partial charge in [-0.1, -0.05) is 30.3 Å². The molecule has 2 aromatic heterocycles. The van der Waals surface area contributed by atoms with Crippen molar-refractivity contribution in [3.05, 3.63) is 78.5 Å². The van der Waals surface area contributed by atoms with Gasteiger partial charge in [-0.05, 0) is 30.2 Å². The molecule has 0 radical (unpaired) electrons. The Morgan fingerprint density at radius 2 is 2.04 bits per heavy atom. The largest absolute Gasteiger partial charge is 0.469 e. The molecule has 1 unspecified atom stereocenters. The molecular weight excluding hydrogens is 302 g/mol. The number of aromatic nitrogens is 2. The van der Waals surface area contributed by atoms with Crippen molar-refractivity contribution in [2.24, 2.45) is 0 Å². The number of nitrogens with zero attached hydrogens (tertiary/aromatic N) is 2. The summed E-state index contributed by atoms with van der Waals surface area (Å²) < 4.78 is 7.34. The Kier molecular flexibility index (Phi) is 5.45. The lowest BCUT2D eigenvalue weighted by atomic mass is 9.93. The molecule has 0 fully saturated rings. The van der Waals surface area contributed by atoms with Gasteiger partial charge in [-0.15, -0.1) is 0 Å². The normalized spacial score (nSPS) is 12.0. The third-order valence-electron chi connectivity index (χ3n) is 3.97. The van der Waals surface area contributed by atoms with Crippen molar-refractivity contribution >= 4 is 5.91 Å². The van der Waals surface area contributed by atoms with Crippen LogP contribution in [0.5, 0.6) is 0 Å². The highest BCUT2D eigenvalue weighted by Crippen LogP contribution is 2.27. The summed E-state index contributed by atoms with van der Waals surface area (Å²) in [5.41, 5.74) is 1.19. The van der Waals surface area contributed by atoms with Crippen LogP contribution < -0.4 is 5.32 Å². The van der Waals surface area contributed by atoms with E-state index in [0.29, 0.717) is 19.5 Å². The second-order valence-corrected chi connectivity index (χ2v) is 5.64. The van der Waals surface area contributed by atoms with Gasteiger partial charge in [-0.3, -0.25) is 9.48 Å². The van der Waals surface area contributed by atoms with E-state index >= 15 is 0 Å². The van der Waals surface area contributed by atoms with Gasteiger partial charge in [0.25, 0.3) is 0 Å². The number of carbonyl (C=O) groups excluding carboxylic acids is 1. The summed E-state index contributed by atoms with van der Waals surface area (Å²) in [5.74, 6) is 1.11. The molecule has 3 rings (SSSR count). The lowest BCUT2D eigenvalue weighted by molar-refractivity contribution is -0.121. The minimum Gasteiger partial charge on any atom is -0.469 e. The van der Waals surface area contributed by atoms with Crippen LogP contribution in [-0.4, -0.2) is 22.2 Å². The molecule has 0 saturated heterocycles. The maximum Gasteiger partial charge on any atom is 0.221 e. The summed E-state index contributed by atoms with van der Waals surface area (Å²) in [5, 5.41) is 7.08. The summed E-state index contributed by atoms with van der Waals surface area (Å²) in [4.78, 5) is 12.0. The molecule has 24 heavy (non-hydrogen) atoms. The molecule has 0 aliphatic rings. The fraction of sp³-hybridized carbons (Fsp3) is 0.263. The van der Waals surface area contributed by atoms with E-state index in [0.717, 1.165) is 12.2 Å². The van der Waals surface area contributed by atoms with Crippen LogP contribution >= 0.6 is 0 Å². The first kappa shape index (κ1) is 16.1. The summed E-state index contributed by atoms with van der Waals surface area (Å²) in [6.45, 7) is 1.21. The zero-order chi connectivity index (χ0) is 16.6. The smallest absolute Gasteiger partial charge is 0.221 e. The number of hydrogen-bond donors (Lipinski definition) is 1. The van der Waals surface area contributed by atoms with Crippen LogP contribution in [0.2, 0.25) is 0 Å². The molecular formula is C19H21N3O2. The van der Waals surface area contributed by atoms with Crippen LogP contribution in [0.3, 0.4) is 0 Å². The van der Waals surface area contributed by atoms with Crippen molar-refractivity contribution in [3.8, 4) is 0 Å². The molecule has 2 heterocycles. The number of nitrogens with one attached hydrogen (secondary N) is 1. The Morgan fingerprint density at radius 1 is 1.17 bits per heavy atom. The number of rotatable bonds is 8. The van der Waals surface area contributed by atoms with Crippen molar-refractivity contribution in [3.63, 3.8) is 0 Å². The number of benzene rings is 1. The van der Waals surface area contributed by atoms with Crippen molar-refractivity contribution in [2.75, 3.05) is 6.54 Å². The standard InChI is InChI=1S/C19H21N3O2/c23-19(10-14-22-13-5-11-21-22)20-12-9-17(18-8-4-15-24-18)16-6-2-1-3-7-16/h1-8,11,13,15,17H,9-10,12,14H2,(H,20,23). The molecule has 5 nitrogen and oxygen atoms in total. The maximum atomic E-state index is 12.0. The first-order valence-corrected chi connectivity index (χ1v) is 8.15. The summed E-state index contributed by atoms with van der Waals surface area (Å²) >= 11 is 0. The topological polar surface area (TPSA) is 60.1 Å². The van der Waals surface area contributed by atoms with E-state index in [2.05, 4.69) is 22.5 Å². The predicted molar refractivity (Wildman–Crippen MR) is 91.5 cm³/mol. The Hall–Kier alpha value is -2.82. The lowest BCUT2D eigenvalue weighted by Crippen LogP contribution is -2.26. The SMILES string of the molecule is O=C(CCn1cccn1)NCCC(c1ccccc1)c1ccco1. The van der Waals surface area contributed by atoms with E-state index in [4.69, 9.17) is 4.42 Å². The van der Waals surface area contributed by atoms with Gasteiger partial charge in [0.1, 0.15) is 5.76 Å². The third kappa shape index (κ3) is 4.35. The van der Waals surface area contributed by atoms with E-state index < -0.39 is 0 Å². The van der Waals surface area contributed by atoms with E-state index in [-0.39, 0.29) is 11.8 Å². The van der Waals surface area contributed by atoms with E-state index in [9.17, 15) is 4.79 Å². The molecule has 3 aromatic rings. The second kappa shape index (κ2) is 8.15. The van der Waals surface area contributed by atoms with Crippen molar-refractivity contribution in [1.29, 1.82) is 0 Å². The van der Waals surface area contributed by atoms with Gasteiger partial charge >= 0.3 is 0 Å². The van der Waals surface area contributed by atoms with Gasteiger partial charge in [0.15, 0.2) is 0 Å². The molecule has 1 amide bonds. The molecule has 1 atom stereocenters. The molecule has 0 bridgehead atoms. The molecule has 0 saturated carbocycles. The van der Waals surface area contributed by atoms with Crippen molar-refractivity contribution in [2.45, 2.75) is 25.3 Å². The Morgan fingerprint density at radius 3 is 2.75 bits per heavy atom. The molecule has 0 aliphatic carbocycles. The van der Waals surface area contributed by atoms with Gasteiger partial charge in [0.05, 0.1) is 6.26 Å². The van der Waals surface area contributed by atoms with E-state index in [1.807, 2.05) is 42.6 Å². The number of amides is 1. The van der Waals surface area contributed by atoms with Crippen LogP contribution in [0.15, 0.2) is 71.6 Å². The minimum atomic E-state index is 0.0387. The molecule has 1 aromatic carbocycles. The third-order valence-corrected chi connectivity index (χ3v) is 3.97. The summed E-state index contributed by atoms with van der Waals surface area (Å²) in [7, 11) is 0. The first-order chi connectivity index (χ1) is 11.8. The van der Waals surface area contributed by atoms with Crippen LogP contribution in [0.1, 0.15) is 30.1 Å². The highest BCUT2D eigenvalue weighted by atomic mass is 16.3. The monoisotopic (exact) mass is 323 g/mol. The average molecular weight is 323 g/mol. The second-order valence-electron chi connectivity index (χ2n) is 5.64. The van der Waals surface area contributed by atoms with Gasteiger partial charge < -0.3 is 9.73 Å². The number of aryl methyl sites for hydroxylation is 1. The minimum absolute atomic E-state index is 0.0387. The van der Waals surface area contributed by atoms with E-state index in [1.165, 1.54) is 5.56 Å². The summed E-state index contributed by atoms with van der Waals surface area (Å²) in [6, 6.07) is 16.0. The zero-order valence-electron chi connectivity index (χ0n) is 13.5. The molecule has 1 N–H and O–H groups in total. The zero-order valence-corrected chi connectivity index (χ0v) is 13.5. The molecule has 0 spiro atoms. The maximum absolute atomic E-state index is 12.0. The van der Waals surface area contributed by atoms with Crippen LogP contribution in [0.25, 0.3) is 0 Å². The van der Waals surface area contributed by atoms with Gasteiger partial charge in [-0.25, -0.2) is 0 Å². The number of carbonyl (C=O) groups is 1. The summed E-state index contributed by atoms with van der Waals surface area (Å²) in [6.07, 6.45) is 6.48. The first-order valence-electron chi connectivity index (χ1n) is 8.15. The van der Waals surface area contributed by atoms with Gasteiger partial charge in [0, 0.05) is 37.8 Å². The predicted octanol–water partition coefficient (Wildman–Crippen LogP) is 3.20. The van der Waals surface area contributed by atoms with Crippen molar-refractivity contribution < 1.29 is 9.21 Å². The Bertz CT molecular complexity index is 721. The fourth-order valence-corrected chi connectivity index (χ4v) is 2.74.